The lowest BCUT2D eigenvalue weighted by Crippen LogP contribution is -1.99. The van der Waals surface area contributed by atoms with Gasteiger partial charge in [-0.2, -0.15) is 5.10 Å². The highest BCUT2D eigenvalue weighted by atomic mass is 127. The molecule has 0 aliphatic rings. The van der Waals surface area contributed by atoms with Gasteiger partial charge >= 0.3 is 0 Å². The Balaban J connectivity index is 2.06. The van der Waals surface area contributed by atoms with E-state index in [9.17, 15) is 10.1 Å². The molecule has 24 heavy (non-hydrogen) atoms. The minimum absolute atomic E-state index is 0.0782. The van der Waals surface area contributed by atoms with E-state index in [1.807, 2.05) is 12.1 Å². The van der Waals surface area contributed by atoms with Gasteiger partial charge in [-0.25, -0.2) is 4.98 Å². The van der Waals surface area contributed by atoms with Crippen molar-refractivity contribution < 1.29 is 9.66 Å². The summed E-state index contributed by atoms with van der Waals surface area (Å²) in [7, 11) is 0. The molecule has 1 heterocycles. The van der Waals surface area contributed by atoms with E-state index in [0.29, 0.717) is 11.6 Å². The Labute approximate surface area is 159 Å². The molecule has 0 fully saturated rings. The quantitative estimate of drug-likeness (QED) is 0.214. The van der Waals surface area contributed by atoms with Gasteiger partial charge in [0.15, 0.2) is 0 Å². The fourth-order valence-corrected chi connectivity index (χ4v) is 3.41. The van der Waals surface area contributed by atoms with Crippen molar-refractivity contribution in [3.63, 3.8) is 0 Å². The monoisotopic (exact) mass is 500 g/mol. The number of benzene rings is 1. The minimum Gasteiger partial charge on any atom is -0.479 e. The number of ether oxygens (including phenoxy) is 1. The summed E-state index contributed by atoms with van der Waals surface area (Å²) in [5.74, 6) is 3.50. The summed E-state index contributed by atoms with van der Waals surface area (Å²) in [6.07, 6.45) is 7.95. The average molecular weight is 501 g/mol. The van der Waals surface area contributed by atoms with Gasteiger partial charge in [-0.3, -0.25) is 15.5 Å². The molecular formula is C15H10BrIN4O3. The SMILES string of the molecule is C#CCOc1c(Br)cc(/C=N/Nc2ccc([N+](=O)[O-])cn2)cc1I. The largest absolute Gasteiger partial charge is 0.479 e. The van der Waals surface area contributed by atoms with E-state index in [0.717, 1.165) is 19.8 Å². The van der Waals surface area contributed by atoms with Crippen molar-refractivity contribution in [1.29, 1.82) is 0 Å². The maximum absolute atomic E-state index is 10.6. The third-order valence-corrected chi connectivity index (χ3v) is 4.06. The van der Waals surface area contributed by atoms with Crippen molar-refractivity contribution in [2.75, 3.05) is 12.0 Å². The smallest absolute Gasteiger partial charge is 0.287 e. The van der Waals surface area contributed by atoms with Crippen LogP contribution in [0.2, 0.25) is 0 Å². The van der Waals surface area contributed by atoms with Crippen LogP contribution < -0.4 is 10.2 Å². The first-order valence-electron chi connectivity index (χ1n) is 6.46. The zero-order chi connectivity index (χ0) is 17.5. The predicted octanol–water partition coefficient (Wildman–Crippen LogP) is 3.81. The number of hydrazone groups is 1. The molecule has 0 atom stereocenters. The van der Waals surface area contributed by atoms with Gasteiger partial charge in [-0.15, -0.1) is 6.42 Å². The molecule has 0 saturated carbocycles. The van der Waals surface area contributed by atoms with Crippen molar-refractivity contribution >= 4 is 56.2 Å². The Morgan fingerprint density at radius 2 is 2.33 bits per heavy atom. The molecule has 7 nitrogen and oxygen atoms in total. The average Bonchev–Trinajstić information content (AvgIpc) is 2.54. The van der Waals surface area contributed by atoms with Gasteiger partial charge in [-0.05, 0) is 62.3 Å². The van der Waals surface area contributed by atoms with Gasteiger partial charge < -0.3 is 4.74 Å². The van der Waals surface area contributed by atoms with Gasteiger partial charge in [0.05, 0.1) is 19.2 Å². The molecule has 1 N–H and O–H groups in total. The van der Waals surface area contributed by atoms with Gasteiger partial charge in [0.25, 0.3) is 5.69 Å². The van der Waals surface area contributed by atoms with Crippen LogP contribution in [0.25, 0.3) is 0 Å². The van der Waals surface area contributed by atoms with Crippen molar-refractivity contribution in [1.82, 2.24) is 4.98 Å². The summed E-state index contributed by atoms with van der Waals surface area (Å²) >= 11 is 5.57. The van der Waals surface area contributed by atoms with Crippen LogP contribution in [0, 0.1) is 26.0 Å². The number of anilines is 1. The van der Waals surface area contributed by atoms with E-state index >= 15 is 0 Å². The molecule has 2 aromatic rings. The normalized spacial score (nSPS) is 10.4. The highest BCUT2D eigenvalue weighted by Gasteiger charge is 2.08. The van der Waals surface area contributed by atoms with E-state index in [2.05, 4.69) is 60.0 Å². The summed E-state index contributed by atoms with van der Waals surface area (Å²) in [6, 6.07) is 6.54. The third-order valence-electron chi connectivity index (χ3n) is 2.67. The second-order valence-electron chi connectivity index (χ2n) is 4.34. The predicted molar refractivity (Wildman–Crippen MR) is 103 cm³/mol. The standard InChI is InChI=1S/C15H10BrIN4O3/c1-2-5-24-15-12(16)6-10(7-13(15)17)8-19-20-14-4-3-11(9-18-14)21(22)23/h1,3-4,6-9H,5H2,(H,18,20)/b19-8+. The minimum atomic E-state index is -0.511. The molecule has 0 aliphatic heterocycles. The Kier molecular flexibility index (Phi) is 6.51. The lowest BCUT2D eigenvalue weighted by molar-refractivity contribution is -0.385. The van der Waals surface area contributed by atoms with E-state index < -0.39 is 4.92 Å². The molecule has 0 aliphatic carbocycles. The van der Waals surface area contributed by atoms with Crippen LogP contribution in [0.1, 0.15) is 5.56 Å². The van der Waals surface area contributed by atoms with Crippen LogP contribution in [-0.4, -0.2) is 22.7 Å². The van der Waals surface area contributed by atoms with Crippen molar-refractivity contribution in [2.45, 2.75) is 0 Å². The number of rotatable bonds is 6. The lowest BCUT2D eigenvalue weighted by atomic mass is 10.2. The molecule has 0 radical (unpaired) electrons. The fraction of sp³-hybridized carbons (Fsp3) is 0.0667. The van der Waals surface area contributed by atoms with Crippen LogP contribution in [0.3, 0.4) is 0 Å². The number of halogens is 2. The van der Waals surface area contributed by atoms with Gasteiger partial charge in [-0.1, -0.05) is 5.92 Å². The molecule has 0 unspecified atom stereocenters. The fourth-order valence-electron chi connectivity index (χ4n) is 1.64. The molecule has 0 bridgehead atoms. The zero-order valence-electron chi connectivity index (χ0n) is 12.1. The number of aromatic nitrogens is 1. The summed E-state index contributed by atoms with van der Waals surface area (Å²) in [5.41, 5.74) is 3.46. The van der Waals surface area contributed by atoms with Gasteiger partial charge in [0, 0.05) is 6.07 Å². The second-order valence-corrected chi connectivity index (χ2v) is 6.35. The number of nitrogens with one attached hydrogen (secondary N) is 1. The Morgan fingerprint density at radius 1 is 1.54 bits per heavy atom. The van der Waals surface area contributed by atoms with Crippen molar-refractivity contribution in [2.24, 2.45) is 5.10 Å². The van der Waals surface area contributed by atoms with E-state index in [1.165, 1.54) is 12.1 Å². The van der Waals surface area contributed by atoms with Crippen LogP contribution >= 0.6 is 38.5 Å². The first-order chi connectivity index (χ1) is 11.5. The van der Waals surface area contributed by atoms with Crippen molar-refractivity contribution in [3.05, 3.63) is 54.2 Å². The maximum atomic E-state index is 10.6. The Morgan fingerprint density at radius 3 is 2.92 bits per heavy atom. The molecule has 9 heteroatoms. The Hall–Kier alpha value is -2.19. The number of terminal acetylenes is 1. The summed E-state index contributed by atoms with van der Waals surface area (Å²) in [4.78, 5) is 13.9. The number of nitrogens with zero attached hydrogens (tertiary/aromatic N) is 3. The summed E-state index contributed by atoms with van der Waals surface area (Å²) in [6.45, 7) is 0.190. The van der Waals surface area contributed by atoms with Crippen LogP contribution in [0.5, 0.6) is 5.75 Å². The third kappa shape index (κ3) is 4.90. The summed E-state index contributed by atoms with van der Waals surface area (Å²) < 4.78 is 7.11. The Bertz CT molecular complexity index is 795. The summed E-state index contributed by atoms with van der Waals surface area (Å²) in [5, 5.41) is 14.6. The lowest BCUT2D eigenvalue weighted by Gasteiger charge is -2.08. The zero-order valence-corrected chi connectivity index (χ0v) is 15.8. The number of nitro groups is 1. The highest BCUT2D eigenvalue weighted by molar-refractivity contribution is 14.1. The van der Waals surface area contributed by atoms with Crippen molar-refractivity contribution in [3.8, 4) is 18.1 Å². The number of hydrogen-bond donors (Lipinski definition) is 1. The maximum Gasteiger partial charge on any atom is 0.287 e. The molecule has 2 rings (SSSR count). The van der Waals surface area contributed by atoms with E-state index in [1.54, 1.807) is 6.21 Å². The number of pyridine rings is 1. The molecule has 1 aromatic heterocycles. The number of hydrogen-bond acceptors (Lipinski definition) is 6. The molecular weight excluding hydrogens is 491 g/mol. The van der Waals surface area contributed by atoms with E-state index in [4.69, 9.17) is 11.2 Å². The first kappa shape index (κ1) is 18.2. The topological polar surface area (TPSA) is 89.6 Å². The molecule has 122 valence electrons. The molecule has 0 spiro atoms. The van der Waals surface area contributed by atoms with Crippen LogP contribution in [0.15, 0.2) is 40.0 Å². The van der Waals surface area contributed by atoms with Gasteiger partial charge in [0.1, 0.15) is 24.4 Å². The van der Waals surface area contributed by atoms with Gasteiger partial charge in [0.2, 0.25) is 0 Å². The first-order valence-corrected chi connectivity index (χ1v) is 8.33. The second kappa shape index (κ2) is 8.60. The highest BCUT2D eigenvalue weighted by Crippen LogP contribution is 2.31. The molecule has 1 aromatic carbocycles. The van der Waals surface area contributed by atoms with E-state index in [-0.39, 0.29) is 12.3 Å². The van der Waals surface area contributed by atoms with Crippen LogP contribution in [0.4, 0.5) is 11.5 Å². The van der Waals surface area contributed by atoms with Crippen LogP contribution in [-0.2, 0) is 0 Å². The molecule has 0 amide bonds. The molecule has 0 saturated heterocycles.